The predicted molar refractivity (Wildman–Crippen MR) is 107 cm³/mol. The molecule has 27 heavy (non-hydrogen) atoms. The van der Waals surface area contributed by atoms with Gasteiger partial charge in [-0.1, -0.05) is 42.5 Å². The molecule has 5 nitrogen and oxygen atoms in total. The molecule has 1 aromatic heterocycles. The van der Waals surface area contributed by atoms with Crippen LogP contribution in [0.15, 0.2) is 72.9 Å². The van der Waals surface area contributed by atoms with Gasteiger partial charge in [-0.2, -0.15) is 5.26 Å². The molecule has 0 spiro atoms. The summed E-state index contributed by atoms with van der Waals surface area (Å²) < 4.78 is 0. The molecule has 134 valence electrons. The van der Waals surface area contributed by atoms with Crippen molar-refractivity contribution >= 4 is 17.4 Å². The molecule has 0 fully saturated rings. The highest BCUT2D eigenvalue weighted by Gasteiger charge is 2.09. The van der Waals surface area contributed by atoms with Crippen molar-refractivity contribution in [3.8, 4) is 6.07 Å². The van der Waals surface area contributed by atoms with E-state index in [-0.39, 0.29) is 5.91 Å². The minimum atomic E-state index is -0.291. The Labute approximate surface area is 158 Å². The maximum absolute atomic E-state index is 12.3. The van der Waals surface area contributed by atoms with E-state index >= 15 is 0 Å². The van der Waals surface area contributed by atoms with Gasteiger partial charge in [0.05, 0.1) is 16.8 Å². The number of para-hydroxylation sites is 1. The zero-order valence-corrected chi connectivity index (χ0v) is 14.9. The molecule has 0 saturated heterocycles. The number of carbonyl (C=O) groups is 1. The number of aromatic nitrogens is 1. The Bertz CT molecular complexity index is 931. The van der Waals surface area contributed by atoms with Crippen LogP contribution in [0.4, 0.5) is 11.5 Å². The number of rotatable bonds is 7. The summed E-state index contributed by atoms with van der Waals surface area (Å²) >= 11 is 0. The van der Waals surface area contributed by atoms with Gasteiger partial charge < -0.3 is 10.6 Å². The smallest absolute Gasteiger partial charge is 0.257 e. The molecule has 2 aromatic carbocycles. The van der Waals surface area contributed by atoms with Crippen LogP contribution >= 0.6 is 0 Å². The highest BCUT2D eigenvalue weighted by atomic mass is 16.1. The first kappa shape index (κ1) is 18.2. The fourth-order valence-corrected chi connectivity index (χ4v) is 2.67. The lowest BCUT2D eigenvalue weighted by Gasteiger charge is -2.08. The van der Waals surface area contributed by atoms with E-state index in [2.05, 4.69) is 33.8 Å². The fraction of sp³-hybridized carbons (Fsp3) is 0.136. The maximum atomic E-state index is 12.3. The summed E-state index contributed by atoms with van der Waals surface area (Å²) in [5, 5.41) is 15.1. The number of carbonyl (C=O) groups excluding carboxylic acids is 1. The maximum Gasteiger partial charge on any atom is 0.257 e. The average molecular weight is 356 g/mol. The number of amides is 1. The molecule has 0 aliphatic rings. The standard InChI is InChI=1S/C22H20N4O/c23-15-18-10-4-5-11-20(18)26-22(27)19-12-13-21(25-16-19)24-14-6-9-17-7-2-1-3-8-17/h1-5,7-8,10-13,16H,6,9,14H2,(H,24,25)(H,26,27). The molecule has 0 aliphatic carbocycles. The minimum absolute atomic E-state index is 0.291. The van der Waals surface area contributed by atoms with Gasteiger partial charge in [-0.25, -0.2) is 4.98 Å². The lowest BCUT2D eigenvalue weighted by Crippen LogP contribution is -2.13. The second-order valence-electron chi connectivity index (χ2n) is 6.06. The molecule has 1 amide bonds. The molecule has 0 radical (unpaired) electrons. The molecule has 2 N–H and O–H groups in total. The first-order valence-corrected chi connectivity index (χ1v) is 8.80. The number of hydrogen-bond acceptors (Lipinski definition) is 4. The van der Waals surface area contributed by atoms with E-state index in [0.29, 0.717) is 16.8 Å². The Hall–Kier alpha value is -3.65. The molecule has 5 heteroatoms. The monoisotopic (exact) mass is 356 g/mol. The highest BCUT2D eigenvalue weighted by Crippen LogP contribution is 2.15. The van der Waals surface area contributed by atoms with Crippen LogP contribution in [0.3, 0.4) is 0 Å². The quantitative estimate of drug-likeness (QED) is 0.620. The summed E-state index contributed by atoms with van der Waals surface area (Å²) in [4.78, 5) is 16.6. The minimum Gasteiger partial charge on any atom is -0.370 e. The topological polar surface area (TPSA) is 77.8 Å². The first-order chi connectivity index (χ1) is 13.3. The molecule has 0 saturated carbocycles. The van der Waals surface area contributed by atoms with E-state index in [1.807, 2.05) is 18.2 Å². The first-order valence-electron chi connectivity index (χ1n) is 8.80. The summed E-state index contributed by atoms with van der Waals surface area (Å²) in [6.45, 7) is 0.809. The van der Waals surface area contributed by atoms with Crippen LogP contribution in [0.25, 0.3) is 0 Å². The number of hydrogen-bond donors (Lipinski definition) is 2. The van der Waals surface area contributed by atoms with Crippen LogP contribution in [-0.2, 0) is 6.42 Å². The van der Waals surface area contributed by atoms with Gasteiger partial charge in [0, 0.05) is 12.7 Å². The third-order valence-electron chi connectivity index (χ3n) is 4.11. The lowest BCUT2D eigenvalue weighted by atomic mass is 10.1. The van der Waals surface area contributed by atoms with Gasteiger partial charge in [0.15, 0.2) is 0 Å². The molecule has 1 heterocycles. The number of nitrogens with one attached hydrogen (secondary N) is 2. The van der Waals surface area contributed by atoms with Crippen LogP contribution < -0.4 is 10.6 Å². The number of nitrogens with zero attached hydrogens (tertiary/aromatic N) is 2. The lowest BCUT2D eigenvalue weighted by molar-refractivity contribution is 0.102. The summed E-state index contributed by atoms with van der Waals surface area (Å²) in [6, 6.07) is 22.8. The van der Waals surface area contributed by atoms with E-state index in [0.717, 1.165) is 25.2 Å². The second-order valence-corrected chi connectivity index (χ2v) is 6.06. The molecular weight excluding hydrogens is 336 g/mol. The van der Waals surface area contributed by atoms with Crippen LogP contribution in [0.2, 0.25) is 0 Å². The van der Waals surface area contributed by atoms with E-state index in [9.17, 15) is 4.79 Å². The van der Waals surface area contributed by atoms with Crippen molar-refractivity contribution in [2.24, 2.45) is 0 Å². The molecule has 0 bridgehead atoms. The average Bonchev–Trinajstić information content (AvgIpc) is 2.73. The molecule has 3 aromatic rings. The van der Waals surface area contributed by atoms with Crippen molar-refractivity contribution in [1.29, 1.82) is 5.26 Å². The Morgan fingerprint density at radius 1 is 1.00 bits per heavy atom. The van der Waals surface area contributed by atoms with Gasteiger partial charge in [0.1, 0.15) is 11.9 Å². The molecule has 0 atom stereocenters. The number of nitriles is 1. The van der Waals surface area contributed by atoms with Crippen LogP contribution in [0.5, 0.6) is 0 Å². The van der Waals surface area contributed by atoms with E-state index in [1.165, 1.54) is 11.8 Å². The van der Waals surface area contributed by atoms with Crippen LogP contribution in [0.1, 0.15) is 27.9 Å². The van der Waals surface area contributed by atoms with Crippen LogP contribution in [-0.4, -0.2) is 17.4 Å². The normalized spacial score (nSPS) is 10.0. The van der Waals surface area contributed by atoms with Gasteiger partial charge >= 0.3 is 0 Å². The van der Waals surface area contributed by atoms with Gasteiger partial charge in [-0.3, -0.25) is 4.79 Å². The van der Waals surface area contributed by atoms with E-state index in [1.54, 1.807) is 36.4 Å². The Morgan fingerprint density at radius 3 is 2.52 bits per heavy atom. The number of anilines is 2. The van der Waals surface area contributed by atoms with E-state index < -0.39 is 0 Å². The number of aryl methyl sites for hydroxylation is 1. The largest absolute Gasteiger partial charge is 0.370 e. The predicted octanol–water partition coefficient (Wildman–Crippen LogP) is 4.25. The van der Waals surface area contributed by atoms with Gasteiger partial charge in [0.2, 0.25) is 0 Å². The van der Waals surface area contributed by atoms with Crippen molar-refractivity contribution in [2.75, 3.05) is 17.2 Å². The molecule has 3 rings (SSSR count). The summed E-state index contributed by atoms with van der Waals surface area (Å²) in [5.74, 6) is 0.442. The van der Waals surface area contributed by atoms with Gasteiger partial charge in [-0.15, -0.1) is 0 Å². The van der Waals surface area contributed by atoms with E-state index in [4.69, 9.17) is 5.26 Å². The summed E-state index contributed by atoms with van der Waals surface area (Å²) in [5.41, 5.74) is 2.68. The molecule has 0 aliphatic heterocycles. The Balaban J connectivity index is 1.51. The molecule has 0 unspecified atom stereocenters. The Kier molecular flexibility index (Phi) is 6.16. The van der Waals surface area contributed by atoms with Crippen molar-refractivity contribution in [1.82, 2.24) is 4.98 Å². The number of benzene rings is 2. The van der Waals surface area contributed by atoms with Crippen molar-refractivity contribution in [2.45, 2.75) is 12.8 Å². The second kappa shape index (κ2) is 9.16. The third kappa shape index (κ3) is 5.16. The van der Waals surface area contributed by atoms with Gasteiger partial charge in [-0.05, 0) is 42.7 Å². The zero-order valence-electron chi connectivity index (χ0n) is 14.9. The number of pyridine rings is 1. The van der Waals surface area contributed by atoms with Gasteiger partial charge in [0.25, 0.3) is 5.91 Å². The van der Waals surface area contributed by atoms with Crippen molar-refractivity contribution in [3.05, 3.63) is 89.6 Å². The van der Waals surface area contributed by atoms with Crippen molar-refractivity contribution in [3.63, 3.8) is 0 Å². The summed E-state index contributed by atoms with van der Waals surface area (Å²) in [6.07, 6.45) is 3.54. The molecular formula is C22H20N4O. The highest BCUT2D eigenvalue weighted by molar-refractivity contribution is 6.04. The third-order valence-corrected chi connectivity index (χ3v) is 4.11. The van der Waals surface area contributed by atoms with Crippen LogP contribution in [0, 0.1) is 11.3 Å². The zero-order chi connectivity index (χ0) is 18.9. The summed E-state index contributed by atoms with van der Waals surface area (Å²) in [7, 11) is 0. The SMILES string of the molecule is N#Cc1ccccc1NC(=O)c1ccc(NCCCc2ccccc2)nc1. The Morgan fingerprint density at radius 2 is 1.78 bits per heavy atom. The fourth-order valence-electron chi connectivity index (χ4n) is 2.67. The van der Waals surface area contributed by atoms with Crippen molar-refractivity contribution < 1.29 is 4.79 Å².